The lowest BCUT2D eigenvalue weighted by molar-refractivity contribution is -0.118. The van der Waals surface area contributed by atoms with E-state index < -0.39 is 0 Å². The Morgan fingerprint density at radius 3 is 2.54 bits per heavy atom. The first-order valence-corrected chi connectivity index (χ1v) is 4.50. The summed E-state index contributed by atoms with van der Waals surface area (Å²) >= 11 is 0. The minimum atomic E-state index is -0.219. The lowest BCUT2D eigenvalue weighted by atomic mass is 9.98. The lowest BCUT2D eigenvalue weighted by Gasteiger charge is -2.08. The molecule has 2 nitrogen and oxygen atoms in total. The molecule has 1 aromatic carbocycles. The Bertz CT molecular complexity index is 269. The van der Waals surface area contributed by atoms with E-state index in [1.807, 2.05) is 25.1 Å². The molecule has 0 unspecified atom stereocenters. The van der Waals surface area contributed by atoms with E-state index in [0.29, 0.717) is 12.3 Å². The van der Waals surface area contributed by atoms with Crippen LogP contribution in [0, 0.1) is 5.92 Å². The van der Waals surface area contributed by atoms with Gasteiger partial charge in [0.15, 0.2) is 0 Å². The molecule has 0 aliphatic carbocycles. The van der Waals surface area contributed by atoms with Crippen LogP contribution in [0.2, 0.25) is 0 Å². The van der Waals surface area contributed by atoms with E-state index in [1.165, 1.54) is 5.56 Å². The molecule has 1 aromatic rings. The third kappa shape index (κ3) is 3.74. The number of hydrogen-bond donors (Lipinski definition) is 1. The summed E-state index contributed by atoms with van der Waals surface area (Å²) in [5.74, 6) is 0.114. The first-order valence-electron chi connectivity index (χ1n) is 4.50. The summed E-state index contributed by atoms with van der Waals surface area (Å²) in [5.41, 5.74) is 6.37. The third-order valence-electron chi connectivity index (χ3n) is 1.98. The van der Waals surface area contributed by atoms with Crippen molar-refractivity contribution in [2.75, 3.05) is 0 Å². The van der Waals surface area contributed by atoms with Gasteiger partial charge in [-0.25, -0.2) is 0 Å². The molecular weight excluding hydrogens is 162 g/mol. The van der Waals surface area contributed by atoms with Crippen molar-refractivity contribution in [1.82, 2.24) is 0 Å². The van der Waals surface area contributed by atoms with Crippen molar-refractivity contribution in [2.45, 2.75) is 19.8 Å². The molecule has 0 heterocycles. The van der Waals surface area contributed by atoms with Crippen LogP contribution in [0.25, 0.3) is 0 Å². The van der Waals surface area contributed by atoms with Gasteiger partial charge >= 0.3 is 0 Å². The number of rotatable bonds is 4. The summed E-state index contributed by atoms with van der Waals surface area (Å²) in [7, 11) is 0. The summed E-state index contributed by atoms with van der Waals surface area (Å²) in [6.07, 6.45) is 1.39. The Labute approximate surface area is 78.8 Å². The van der Waals surface area contributed by atoms with E-state index in [0.717, 1.165) is 6.42 Å². The zero-order valence-corrected chi connectivity index (χ0v) is 7.86. The highest BCUT2D eigenvalue weighted by atomic mass is 16.1. The largest absolute Gasteiger partial charge is 0.370 e. The molecule has 0 bridgehead atoms. The van der Waals surface area contributed by atoms with Crippen molar-refractivity contribution in [1.29, 1.82) is 0 Å². The molecule has 0 spiro atoms. The zero-order chi connectivity index (χ0) is 9.68. The number of nitrogens with two attached hydrogens (primary N) is 1. The molecule has 13 heavy (non-hydrogen) atoms. The van der Waals surface area contributed by atoms with Gasteiger partial charge in [0.05, 0.1) is 0 Å². The molecule has 1 atom stereocenters. The number of primary amides is 1. The number of amides is 1. The Morgan fingerprint density at radius 2 is 2.00 bits per heavy atom. The van der Waals surface area contributed by atoms with E-state index in [1.54, 1.807) is 0 Å². The smallest absolute Gasteiger partial charge is 0.217 e. The average molecular weight is 177 g/mol. The van der Waals surface area contributed by atoms with Crippen molar-refractivity contribution in [3.05, 3.63) is 35.9 Å². The first-order chi connectivity index (χ1) is 6.18. The standard InChI is InChI=1S/C11H15NO/c1-9(8-11(12)13)7-10-5-3-2-4-6-10/h2-6,9H,7-8H2,1H3,(H2,12,13)/t9-/m0/s1. The molecule has 0 saturated carbocycles. The predicted molar refractivity (Wildman–Crippen MR) is 53.1 cm³/mol. The summed E-state index contributed by atoms with van der Waals surface area (Å²) in [6.45, 7) is 2.04. The second-order valence-corrected chi connectivity index (χ2v) is 3.47. The molecule has 70 valence electrons. The topological polar surface area (TPSA) is 43.1 Å². The van der Waals surface area contributed by atoms with Gasteiger partial charge in [-0.05, 0) is 17.9 Å². The quantitative estimate of drug-likeness (QED) is 0.748. The monoisotopic (exact) mass is 177 g/mol. The molecule has 0 saturated heterocycles. The van der Waals surface area contributed by atoms with Crippen molar-refractivity contribution < 1.29 is 4.79 Å². The number of carbonyl (C=O) groups excluding carboxylic acids is 1. The van der Waals surface area contributed by atoms with E-state index in [2.05, 4.69) is 12.1 Å². The van der Waals surface area contributed by atoms with Crippen LogP contribution in [-0.4, -0.2) is 5.91 Å². The first kappa shape index (κ1) is 9.78. The summed E-state index contributed by atoms with van der Waals surface area (Å²) in [6, 6.07) is 10.1. The van der Waals surface area contributed by atoms with Gasteiger partial charge in [0, 0.05) is 6.42 Å². The van der Waals surface area contributed by atoms with E-state index >= 15 is 0 Å². The van der Waals surface area contributed by atoms with Crippen LogP contribution in [-0.2, 0) is 11.2 Å². The van der Waals surface area contributed by atoms with Gasteiger partial charge in [0.1, 0.15) is 0 Å². The van der Waals surface area contributed by atoms with E-state index in [9.17, 15) is 4.79 Å². The van der Waals surface area contributed by atoms with Gasteiger partial charge in [-0.2, -0.15) is 0 Å². The van der Waals surface area contributed by atoms with Crippen molar-refractivity contribution >= 4 is 5.91 Å². The summed E-state index contributed by atoms with van der Waals surface area (Å²) in [5, 5.41) is 0. The van der Waals surface area contributed by atoms with Crippen molar-refractivity contribution in [2.24, 2.45) is 11.7 Å². The van der Waals surface area contributed by atoms with Crippen LogP contribution in [0.1, 0.15) is 18.9 Å². The van der Waals surface area contributed by atoms with E-state index in [-0.39, 0.29) is 5.91 Å². The molecule has 2 heteroatoms. The van der Waals surface area contributed by atoms with Crippen LogP contribution >= 0.6 is 0 Å². The molecule has 1 amide bonds. The van der Waals surface area contributed by atoms with Crippen LogP contribution in [0.5, 0.6) is 0 Å². The molecule has 0 aliphatic rings. The Morgan fingerprint density at radius 1 is 1.38 bits per heavy atom. The van der Waals surface area contributed by atoms with Gasteiger partial charge < -0.3 is 5.73 Å². The molecule has 1 rings (SSSR count). The second-order valence-electron chi connectivity index (χ2n) is 3.47. The van der Waals surface area contributed by atoms with Gasteiger partial charge in [0.25, 0.3) is 0 Å². The normalized spacial score (nSPS) is 12.4. The molecule has 0 aliphatic heterocycles. The van der Waals surface area contributed by atoms with Crippen LogP contribution in [0.3, 0.4) is 0 Å². The fourth-order valence-corrected chi connectivity index (χ4v) is 1.43. The van der Waals surface area contributed by atoms with Crippen LogP contribution in [0.15, 0.2) is 30.3 Å². The maximum Gasteiger partial charge on any atom is 0.217 e. The van der Waals surface area contributed by atoms with Gasteiger partial charge in [-0.15, -0.1) is 0 Å². The number of benzene rings is 1. The summed E-state index contributed by atoms with van der Waals surface area (Å²) in [4.78, 5) is 10.6. The SMILES string of the molecule is C[C@H](CC(N)=O)Cc1ccccc1. The van der Waals surface area contributed by atoms with Crippen LogP contribution in [0.4, 0.5) is 0 Å². The third-order valence-corrected chi connectivity index (χ3v) is 1.98. The minimum absolute atomic E-state index is 0.219. The highest BCUT2D eigenvalue weighted by Gasteiger charge is 2.06. The highest BCUT2D eigenvalue weighted by Crippen LogP contribution is 2.10. The Kier molecular flexibility index (Phi) is 3.50. The molecular formula is C11H15NO. The molecule has 0 fully saturated rings. The Hall–Kier alpha value is -1.31. The zero-order valence-electron chi connectivity index (χ0n) is 7.86. The average Bonchev–Trinajstić information content (AvgIpc) is 2.04. The van der Waals surface area contributed by atoms with Crippen LogP contribution < -0.4 is 5.73 Å². The van der Waals surface area contributed by atoms with E-state index in [4.69, 9.17) is 5.73 Å². The lowest BCUT2D eigenvalue weighted by Crippen LogP contribution is -2.15. The fourth-order valence-electron chi connectivity index (χ4n) is 1.43. The van der Waals surface area contributed by atoms with Crippen molar-refractivity contribution in [3.8, 4) is 0 Å². The molecule has 2 N–H and O–H groups in total. The molecule has 0 aromatic heterocycles. The Balaban J connectivity index is 2.45. The maximum absolute atomic E-state index is 10.6. The second kappa shape index (κ2) is 4.65. The predicted octanol–water partition coefficient (Wildman–Crippen LogP) is 1.74. The van der Waals surface area contributed by atoms with Gasteiger partial charge in [0.2, 0.25) is 5.91 Å². The number of carbonyl (C=O) groups is 1. The maximum atomic E-state index is 10.6. The highest BCUT2D eigenvalue weighted by molar-refractivity contribution is 5.73. The summed E-state index contributed by atoms with van der Waals surface area (Å²) < 4.78 is 0. The number of hydrogen-bond acceptors (Lipinski definition) is 1. The molecule has 0 radical (unpaired) electrons. The van der Waals surface area contributed by atoms with Gasteiger partial charge in [-0.3, -0.25) is 4.79 Å². The minimum Gasteiger partial charge on any atom is -0.370 e. The fraction of sp³-hybridized carbons (Fsp3) is 0.364. The van der Waals surface area contributed by atoms with Gasteiger partial charge in [-0.1, -0.05) is 37.3 Å². The van der Waals surface area contributed by atoms with Crippen molar-refractivity contribution in [3.63, 3.8) is 0 Å².